The predicted octanol–water partition coefficient (Wildman–Crippen LogP) is 2.54. The van der Waals surface area contributed by atoms with Gasteiger partial charge in [-0.2, -0.15) is 17.0 Å². The van der Waals surface area contributed by atoms with Crippen LogP contribution in [0.25, 0.3) is 11.0 Å². The molecule has 174 valence electrons. The number of hydrogen-bond donors (Lipinski definition) is 2. The van der Waals surface area contributed by atoms with E-state index in [2.05, 4.69) is 15.6 Å². The number of furan rings is 1. The molecule has 3 heterocycles. The number of rotatable bonds is 4. The number of nitrogens with one attached hydrogen (secondary N) is 2. The monoisotopic (exact) mass is 468 g/mol. The summed E-state index contributed by atoms with van der Waals surface area (Å²) in [4.78, 5) is 33.9. The van der Waals surface area contributed by atoms with Crippen LogP contribution < -0.4 is 10.6 Å². The first kappa shape index (κ1) is 23.0. The molecule has 1 aromatic heterocycles. The minimum Gasteiger partial charge on any atom is -0.461 e. The standard InChI is InChI=1S/C23H28N6O3S/c1-16-12-17-13-18(5-6-20(17)32-16)26-23(25-15-24)27-19-4-2-3-7-29(22(19)31)14-21(30)28-8-10-33-11-9-28/h5-6,12-13,19H,2-4,7-11,14H2,1H3,(H2,25,26,27). The van der Waals surface area contributed by atoms with Gasteiger partial charge in [0.2, 0.25) is 17.8 Å². The number of likely N-dealkylation sites (tertiary alicyclic amines) is 1. The fourth-order valence-electron chi connectivity index (χ4n) is 4.13. The number of hydrogen-bond acceptors (Lipinski definition) is 6. The Kier molecular flexibility index (Phi) is 7.40. The third kappa shape index (κ3) is 5.79. The van der Waals surface area contributed by atoms with Gasteiger partial charge in [0.15, 0.2) is 6.19 Å². The fourth-order valence-corrected chi connectivity index (χ4v) is 5.04. The van der Waals surface area contributed by atoms with Crippen LogP contribution >= 0.6 is 11.8 Å². The highest BCUT2D eigenvalue weighted by Crippen LogP contribution is 2.23. The van der Waals surface area contributed by atoms with E-state index >= 15 is 0 Å². The molecule has 0 spiro atoms. The fraction of sp³-hybridized carbons (Fsp3) is 0.478. The second-order valence-electron chi connectivity index (χ2n) is 8.21. The van der Waals surface area contributed by atoms with Gasteiger partial charge in [0.1, 0.15) is 17.4 Å². The van der Waals surface area contributed by atoms with Crippen LogP contribution in [0.2, 0.25) is 0 Å². The average Bonchev–Trinajstić information content (AvgIpc) is 3.10. The van der Waals surface area contributed by atoms with Crippen molar-refractivity contribution in [1.29, 1.82) is 5.26 Å². The van der Waals surface area contributed by atoms with E-state index < -0.39 is 6.04 Å². The van der Waals surface area contributed by atoms with E-state index in [4.69, 9.17) is 4.42 Å². The molecule has 0 bridgehead atoms. The Morgan fingerprint density at radius 3 is 2.88 bits per heavy atom. The molecule has 9 nitrogen and oxygen atoms in total. The van der Waals surface area contributed by atoms with E-state index in [1.54, 1.807) is 4.90 Å². The largest absolute Gasteiger partial charge is 0.461 e. The van der Waals surface area contributed by atoms with E-state index in [0.717, 1.165) is 59.9 Å². The minimum absolute atomic E-state index is 0.00881. The first-order valence-corrected chi connectivity index (χ1v) is 12.3. The molecule has 1 unspecified atom stereocenters. The van der Waals surface area contributed by atoms with E-state index in [1.165, 1.54) is 0 Å². The van der Waals surface area contributed by atoms with Crippen LogP contribution in [-0.2, 0) is 9.59 Å². The van der Waals surface area contributed by atoms with Gasteiger partial charge < -0.3 is 19.5 Å². The van der Waals surface area contributed by atoms with Crippen LogP contribution in [0.4, 0.5) is 5.69 Å². The zero-order chi connectivity index (χ0) is 23.2. The van der Waals surface area contributed by atoms with Gasteiger partial charge >= 0.3 is 0 Å². The summed E-state index contributed by atoms with van der Waals surface area (Å²) in [5.41, 5.74) is 1.50. The number of carbonyl (C=O) groups is 2. The van der Waals surface area contributed by atoms with Gasteiger partial charge in [0, 0.05) is 42.2 Å². The number of anilines is 1. The first-order valence-electron chi connectivity index (χ1n) is 11.2. The quantitative estimate of drug-likeness (QED) is 0.307. The highest BCUT2D eigenvalue weighted by molar-refractivity contribution is 7.99. The molecule has 33 heavy (non-hydrogen) atoms. The maximum absolute atomic E-state index is 13.2. The number of thioether (sulfide) groups is 1. The Bertz CT molecular complexity index is 1090. The van der Waals surface area contributed by atoms with Gasteiger partial charge in [-0.1, -0.05) is 0 Å². The van der Waals surface area contributed by atoms with Gasteiger partial charge in [-0.15, -0.1) is 0 Å². The molecule has 2 saturated heterocycles. The topological polar surface area (TPSA) is 114 Å². The summed E-state index contributed by atoms with van der Waals surface area (Å²) in [5, 5.41) is 15.8. The van der Waals surface area contributed by atoms with Crippen LogP contribution in [0.3, 0.4) is 0 Å². The van der Waals surface area contributed by atoms with Gasteiger partial charge in [-0.25, -0.2) is 4.99 Å². The molecule has 0 aliphatic carbocycles. The summed E-state index contributed by atoms with van der Waals surface area (Å²) in [7, 11) is 0. The van der Waals surface area contributed by atoms with Crippen LogP contribution in [0.1, 0.15) is 25.0 Å². The van der Waals surface area contributed by atoms with Crippen LogP contribution in [-0.4, -0.2) is 71.3 Å². The summed E-state index contributed by atoms with van der Waals surface area (Å²) < 4.78 is 5.60. The molecule has 0 saturated carbocycles. The minimum atomic E-state index is -0.652. The molecule has 1 aromatic carbocycles. The number of aryl methyl sites for hydroxylation is 1. The van der Waals surface area contributed by atoms with Gasteiger partial charge in [-0.3, -0.25) is 14.9 Å². The predicted molar refractivity (Wildman–Crippen MR) is 129 cm³/mol. The number of nitrogens with zero attached hydrogens (tertiary/aromatic N) is 4. The number of fused-ring (bicyclic) bond motifs is 1. The molecule has 2 fully saturated rings. The maximum Gasteiger partial charge on any atom is 0.247 e. The second-order valence-corrected chi connectivity index (χ2v) is 9.44. The van der Waals surface area contributed by atoms with E-state index in [-0.39, 0.29) is 24.3 Å². The van der Waals surface area contributed by atoms with Crippen molar-refractivity contribution < 1.29 is 14.0 Å². The molecule has 2 aromatic rings. The number of guanidine groups is 1. The van der Waals surface area contributed by atoms with Crippen molar-refractivity contribution in [1.82, 2.24) is 15.1 Å². The Morgan fingerprint density at radius 2 is 2.09 bits per heavy atom. The Hall–Kier alpha value is -3.19. The number of amides is 2. The lowest BCUT2D eigenvalue weighted by Crippen LogP contribution is -2.47. The first-order chi connectivity index (χ1) is 16.0. The molecule has 10 heteroatoms. The van der Waals surface area contributed by atoms with Crippen molar-refractivity contribution in [3.05, 3.63) is 30.0 Å². The zero-order valence-corrected chi connectivity index (χ0v) is 19.5. The van der Waals surface area contributed by atoms with Crippen molar-refractivity contribution in [2.75, 3.05) is 43.0 Å². The highest BCUT2D eigenvalue weighted by atomic mass is 32.2. The Morgan fingerprint density at radius 1 is 1.27 bits per heavy atom. The summed E-state index contributed by atoms with van der Waals surface area (Å²) >= 11 is 1.84. The Balaban J connectivity index is 1.48. The van der Waals surface area contributed by atoms with E-state index in [0.29, 0.717) is 13.0 Å². The lowest BCUT2D eigenvalue weighted by atomic mass is 10.1. The van der Waals surface area contributed by atoms with Gasteiger partial charge in [-0.05, 0) is 50.5 Å². The van der Waals surface area contributed by atoms with Crippen molar-refractivity contribution in [3.8, 4) is 6.19 Å². The summed E-state index contributed by atoms with van der Waals surface area (Å²) in [6.07, 6.45) is 4.11. The zero-order valence-electron chi connectivity index (χ0n) is 18.7. The molecule has 2 N–H and O–H groups in total. The van der Waals surface area contributed by atoms with Crippen molar-refractivity contribution in [2.45, 2.75) is 32.2 Å². The van der Waals surface area contributed by atoms with E-state index in [9.17, 15) is 14.9 Å². The molecule has 0 radical (unpaired) electrons. The van der Waals surface area contributed by atoms with Gasteiger partial charge in [0.25, 0.3) is 0 Å². The molecule has 1 atom stereocenters. The molecule has 2 amide bonds. The van der Waals surface area contributed by atoms with Crippen molar-refractivity contribution in [2.24, 2.45) is 4.99 Å². The maximum atomic E-state index is 13.2. The molecule has 2 aliphatic heterocycles. The summed E-state index contributed by atoms with van der Waals surface area (Å²) in [6.45, 7) is 3.97. The van der Waals surface area contributed by atoms with Crippen molar-refractivity contribution >= 4 is 46.2 Å². The molecular formula is C23H28N6O3S. The Labute approximate surface area is 197 Å². The number of aliphatic imine (C=N–C) groups is 1. The third-order valence-electron chi connectivity index (χ3n) is 5.80. The highest BCUT2D eigenvalue weighted by Gasteiger charge is 2.30. The molecular weight excluding hydrogens is 440 g/mol. The molecule has 2 aliphatic rings. The third-order valence-corrected chi connectivity index (χ3v) is 6.75. The van der Waals surface area contributed by atoms with Crippen molar-refractivity contribution in [3.63, 3.8) is 0 Å². The molecule has 4 rings (SSSR count). The number of benzene rings is 1. The second kappa shape index (κ2) is 10.6. The smallest absolute Gasteiger partial charge is 0.247 e. The number of nitriles is 1. The average molecular weight is 469 g/mol. The normalized spacial score (nSPS) is 19.8. The summed E-state index contributed by atoms with van der Waals surface area (Å²) in [5.74, 6) is 2.71. The van der Waals surface area contributed by atoms with Crippen LogP contribution in [0.5, 0.6) is 0 Å². The lowest BCUT2D eigenvalue weighted by molar-refractivity contribution is -0.140. The summed E-state index contributed by atoms with van der Waals surface area (Å²) in [6, 6.07) is 6.85. The van der Waals surface area contributed by atoms with Gasteiger partial charge in [0.05, 0.1) is 6.54 Å². The van der Waals surface area contributed by atoms with E-state index in [1.807, 2.05) is 54.0 Å². The lowest BCUT2D eigenvalue weighted by Gasteiger charge is -2.30. The number of carbonyl (C=O) groups excluding carboxylic acids is 2. The SMILES string of the molecule is Cc1cc2cc(NC(=NC3CCCCN(CC(=O)N4CCSCC4)C3=O)NC#N)ccc2o1. The van der Waals surface area contributed by atoms with Crippen LogP contribution in [0, 0.1) is 18.4 Å². The van der Waals surface area contributed by atoms with Crippen LogP contribution in [0.15, 0.2) is 33.7 Å².